The first-order chi connectivity index (χ1) is 19.5. The van der Waals surface area contributed by atoms with Gasteiger partial charge in [-0.2, -0.15) is 13.1 Å². The lowest BCUT2D eigenvalue weighted by molar-refractivity contribution is -0.121. The molecular weight excluding hydrogens is 609 g/mol. The molecule has 0 amide bonds. The summed E-state index contributed by atoms with van der Waals surface area (Å²) in [5.74, 6) is -2.36. The summed E-state index contributed by atoms with van der Waals surface area (Å²) in [5, 5.41) is 14.1. The average Bonchev–Trinajstić information content (AvgIpc) is 2.88. The molecule has 2 aromatic carbocycles. The number of nitrogens with one attached hydrogen (secondary N) is 3. The molecule has 0 fully saturated rings. The van der Waals surface area contributed by atoms with Crippen LogP contribution in [0.2, 0.25) is 0 Å². The van der Waals surface area contributed by atoms with E-state index in [1.807, 2.05) is 13.8 Å². The van der Waals surface area contributed by atoms with E-state index in [0.29, 0.717) is 6.42 Å². The number of Topliss-reactive ketones (excluding diaryl/α,β-unsaturated/α-hetero) is 1. The van der Waals surface area contributed by atoms with Crippen molar-refractivity contribution in [3.8, 4) is 0 Å². The highest BCUT2D eigenvalue weighted by Gasteiger charge is 2.51. The molecule has 4 N–H and O–H groups in total. The molecule has 0 aromatic heterocycles. The third-order valence-electron chi connectivity index (χ3n) is 6.74. The van der Waals surface area contributed by atoms with Crippen LogP contribution in [0.15, 0.2) is 57.3 Å². The van der Waals surface area contributed by atoms with Crippen LogP contribution in [-0.4, -0.2) is 67.7 Å². The maximum absolute atomic E-state index is 14.4. The molecule has 4 rings (SSSR count). The van der Waals surface area contributed by atoms with Crippen molar-refractivity contribution in [3.05, 3.63) is 59.2 Å². The minimum atomic E-state index is -4.52. The second-order valence-electron chi connectivity index (χ2n) is 10.5. The van der Waals surface area contributed by atoms with E-state index in [0.717, 1.165) is 12.3 Å². The van der Waals surface area contributed by atoms with Gasteiger partial charge < -0.3 is 15.2 Å². The van der Waals surface area contributed by atoms with Gasteiger partial charge in [0, 0.05) is 18.4 Å². The van der Waals surface area contributed by atoms with E-state index >= 15 is 0 Å². The van der Waals surface area contributed by atoms with Gasteiger partial charge in [-0.25, -0.2) is 16.8 Å². The Hall–Kier alpha value is -3.31. The Morgan fingerprint density at radius 1 is 1.12 bits per heavy atom. The number of ketones is 1. The molecule has 228 valence electrons. The molecule has 16 heteroatoms. The number of aliphatic hydroxyl groups excluding tert-OH is 1. The number of carbonyl (C=O) groups excluding carboxylic acids is 1. The Labute approximate surface area is 245 Å². The van der Waals surface area contributed by atoms with E-state index < -0.39 is 64.3 Å². The fourth-order valence-corrected chi connectivity index (χ4v) is 7.85. The first-order valence-electron chi connectivity index (χ1n) is 12.8. The number of hydrogen-bond donors (Lipinski definition) is 4. The van der Waals surface area contributed by atoms with Crippen molar-refractivity contribution < 1.29 is 39.9 Å². The van der Waals surface area contributed by atoms with Crippen molar-refractivity contribution in [1.82, 2.24) is 4.72 Å². The summed E-state index contributed by atoms with van der Waals surface area (Å²) >= 11 is 0. The number of nitrogens with zero attached hydrogens (tertiary/aromatic N) is 1. The first kappa shape index (κ1) is 31.6. The minimum Gasteiger partial charge on any atom is -0.506 e. The smallest absolute Gasteiger partial charge is 0.286 e. The third-order valence-corrected chi connectivity index (χ3v) is 10.0. The van der Waals surface area contributed by atoms with Crippen LogP contribution in [0.5, 0.6) is 0 Å². The van der Waals surface area contributed by atoms with Gasteiger partial charge in [0.2, 0.25) is 20.0 Å². The molecule has 1 unspecified atom stereocenters. The minimum absolute atomic E-state index is 0.000638. The average molecular weight is 641 g/mol. The highest BCUT2D eigenvalue weighted by Crippen LogP contribution is 2.43. The van der Waals surface area contributed by atoms with Gasteiger partial charge in [-0.1, -0.05) is 38.1 Å². The monoisotopic (exact) mass is 640 g/mol. The first-order valence-corrected chi connectivity index (χ1v) is 17.8. The lowest BCUT2D eigenvalue weighted by Gasteiger charge is -2.39. The van der Waals surface area contributed by atoms with Crippen molar-refractivity contribution in [2.75, 3.05) is 35.8 Å². The second-order valence-corrected chi connectivity index (χ2v) is 15.6. The number of amidine groups is 1. The Kier molecular flexibility index (Phi) is 8.59. The largest absolute Gasteiger partial charge is 0.506 e. The number of methoxy groups -OCH3 is 1. The molecule has 1 heterocycles. The number of benzene rings is 2. The fourth-order valence-electron chi connectivity index (χ4n) is 4.82. The number of anilines is 2. The van der Waals surface area contributed by atoms with Crippen molar-refractivity contribution in [1.29, 1.82) is 0 Å². The maximum atomic E-state index is 14.4. The van der Waals surface area contributed by atoms with E-state index in [4.69, 9.17) is 4.74 Å². The molecule has 1 aliphatic heterocycles. The summed E-state index contributed by atoms with van der Waals surface area (Å²) in [6.07, 6.45) is 1.31. The molecule has 0 bridgehead atoms. The van der Waals surface area contributed by atoms with Crippen LogP contribution in [0, 0.1) is 5.92 Å². The van der Waals surface area contributed by atoms with Crippen LogP contribution in [-0.2, 0) is 45.1 Å². The summed E-state index contributed by atoms with van der Waals surface area (Å²) < 4.78 is 89.7. The van der Waals surface area contributed by atoms with Gasteiger partial charge in [0.05, 0.1) is 24.3 Å². The quantitative estimate of drug-likeness (QED) is 0.283. The zero-order valence-corrected chi connectivity index (χ0v) is 25.8. The zero-order chi connectivity index (χ0) is 31.1. The molecule has 2 aliphatic rings. The number of rotatable bonds is 11. The van der Waals surface area contributed by atoms with Gasteiger partial charge in [0.25, 0.3) is 10.0 Å². The molecule has 13 nitrogen and oxygen atoms in total. The van der Waals surface area contributed by atoms with E-state index in [2.05, 4.69) is 19.2 Å². The number of fused-ring (bicyclic) bond motifs is 2. The molecular formula is C26H32N4O9S3. The highest BCUT2D eigenvalue weighted by atomic mass is 32.2. The van der Waals surface area contributed by atoms with E-state index in [1.165, 1.54) is 31.4 Å². The molecule has 2 aromatic rings. The fraction of sp³-hybridized carbons (Fsp3) is 0.385. The lowest BCUT2D eigenvalue weighted by atomic mass is 9.72. The number of hydrogen-bond acceptors (Lipinski definition) is 10. The van der Waals surface area contributed by atoms with Crippen LogP contribution < -0.4 is 14.8 Å². The topological polar surface area (TPSA) is 197 Å². The lowest BCUT2D eigenvalue weighted by Crippen LogP contribution is -2.56. The van der Waals surface area contributed by atoms with Gasteiger partial charge in [0.15, 0.2) is 11.6 Å². The number of sulfonamides is 3. The zero-order valence-electron chi connectivity index (χ0n) is 23.3. The Morgan fingerprint density at radius 3 is 2.45 bits per heavy atom. The predicted molar refractivity (Wildman–Crippen MR) is 159 cm³/mol. The summed E-state index contributed by atoms with van der Waals surface area (Å²) in [5.41, 5.74) is -2.12. The van der Waals surface area contributed by atoms with Gasteiger partial charge in [0.1, 0.15) is 21.8 Å². The van der Waals surface area contributed by atoms with Gasteiger partial charge in [-0.05, 0) is 42.5 Å². The van der Waals surface area contributed by atoms with Crippen molar-refractivity contribution in [2.45, 2.75) is 37.1 Å². The standard InChI is InChI=1S/C26H32N4O9S3/c1-16(2)11-12-26(30-41(35,36)14-13-39-3)19-8-6-5-7-18(19)23(31)22(24(26)32)25-27-20-10-9-17(28-40(4,33)34)15-21(20)42(37,38)29-25/h5-10,15-16,28,30-31H,11-14H2,1-4H3,(H,27,29). The van der Waals surface area contributed by atoms with Crippen molar-refractivity contribution >= 4 is 58.8 Å². The second kappa shape index (κ2) is 11.4. The summed E-state index contributed by atoms with van der Waals surface area (Å²) in [6.45, 7) is 3.67. The Balaban J connectivity index is 1.90. The number of carbonyl (C=O) groups is 1. The maximum Gasteiger partial charge on any atom is 0.286 e. The molecule has 1 aliphatic carbocycles. The van der Waals surface area contributed by atoms with Crippen LogP contribution in [0.1, 0.15) is 37.8 Å². The van der Waals surface area contributed by atoms with Crippen LogP contribution >= 0.6 is 0 Å². The number of aliphatic hydroxyl groups is 1. The Bertz CT molecular complexity index is 1820. The van der Waals surface area contributed by atoms with Crippen LogP contribution in [0.4, 0.5) is 11.4 Å². The molecule has 0 radical (unpaired) electrons. The summed E-state index contributed by atoms with van der Waals surface area (Å²) in [4.78, 5) is 14.1. The van der Waals surface area contributed by atoms with Gasteiger partial charge >= 0.3 is 0 Å². The van der Waals surface area contributed by atoms with E-state index in [9.17, 15) is 35.2 Å². The summed E-state index contributed by atoms with van der Waals surface area (Å²) in [6, 6.07) is 9.91. The van der Waals surface area contributed by atoms with Crippen LogP contribution in [0.3, 0.4) is 0 Å². The van der Waals surface area contributed by atoms with E-state index in [-0.39, 0.29) is 46.3 Å². The molecule has 0 spiro atoms. The van der Waals surface area contributed by atoms with E-state index in [1.54, 1.807) is 12.1 Å². The Morgan fingerprint density at radius 2 is 1.81 bits per heavy atom. The third kappa shape index (κ3) is 6.36. The van der Waals surface area contributed by atoms with Crippen LogP contribution in [0.25, 0.3) is 5.76 Å². The van der Waals surface area contributed by atoms with Gasteiger partial charge in [-0.15, -0.1) is 4.40 Å². The van der Waals surface area contributed by atoms with Crippen molar-refractivity contribution in [2.24, 2.45) is 10.3 Å². The molecule has 0 saturated heterocycles. The van der Waals surface area contributed by atoms with Crippen molar-refractivity contribution in [3.63, 3.8) is 0 Å². The molecule has 42 heavy (non-hydrogen) atoms. The SMILES string of the molecule is COCCS(=O)(=O)NC1(CCC(C)C)C(=O)C(C2=NS(=O)(=O)c3cc(NS(C)(=O)=O)ccc3N2)=C(O)c2ccccc21. The summed E-state index contributed by atoms with van der Waals surface area (Å²) in [7, 11) is -11.0. The normalized spacial score (nSPS) is 20.0. The highest BCUT2D eigenvalue weighted by molar-refractivity contribution is 7.92. The number of ether oxygens (including phenoxy) is 1. The van der Waals surface area contributed by atoms with Gasteiger partial charge in [-0.3, -0.25) is 9.52 Å². The predicted octanol–water partition coefficient (Wildman–Crippen LogP) is 2.32. The molecule has 1 atom stereocenters. The molecule has 0 saturated carbocycles.